The van der Waals surface area contributed by atoms with E-state index in [1.54, 1.807) is 12.3 Å². The Bertz CT molecular complexity index is 589. The summed E-state index contributed by atoms with van der Waals surface area (Å²) in [6.45, 7) is 0.178. The molecule has 2 rings (SSSR count). The Labute approximate surface area is 123 Å². The minimum Gasteiger partial charge on any atom is -0.469 e. The third kappa shape index (κ3) is 5.78. The molecule has 5 nitrogen and oxygen atoms in total. The van der Waals surface area contributed by atoms with Crippen molar-refractivity contribution in [3.05, 3.63) is 66.6 Å². The standard InChI is InChI=1S/C16H17N3O2/c20-16(13-17-14-7-2-1-3-8-14)19-18-11-5-4-9-15-10-6-12-21-15/h1-8,10-12,17H,9,13H2,(H,19,20). The molecule has 1 amide bonds. The molecular weight excluding hydrogens is 266 g/mol. The van der Waals surface area contributed by atoms with E-state index in [-0.39, 0.29) is 12.5 Å². The second kappa shape index (κ2) is 8.37. The first-order valence-corrected chi connectivity index (χ1v) is 6.63. The second-order valence-corrected chi connectivity index (χ2v) is 4.24. The summed E-state index contributed by atoms with van der Waals surface area (Å²) in [6, 6.07) is 13.3. The minimum atomic E-state index is -0.200. The summed E-state index contributed by atoms with van der Waals surface area (Å²) in [6.07, 6.45) is 7.52. The van der Waals surface area contributed by atoms with E-state index >= 15 is 0 Å². The molecule has 0 aliphatic carbocycles. The van der Waals surface area contributed by atoms with Crippen molar-refractivity contribution in [3.63, 3.8) is 0 Å². The van der Waals surface area contributed by atoms with Crippen molar-refractivity contribution in [3.8, 4) is 0 Å². The molecule has 0 saturated carbocycles. The highest BCUT2D eigenvalue weighted by Gasteiger charge is 1.97. The van der Waals surface area contributed by atoms with Crippen LogP contribution in [-0.4, -0.2) is 18.7 Å². The van der Waals surface area contributed by atoms with Crippen molar-refractivity contribution in [2.45, 2.75) is 6.42 Å². The van der Waals surface area contributed by atoms with Crippen LogP contribution in [0.3, 0.4) is 0 Å². The Hall–Kier alpha value is -2.82. The fourth-order valence-electron chi connectivity index (χ4n) is 1.60. The SMILES string of the molecule is O=C(CNc1ccccc1)NN=CC=CCc1ccco1. The lowest BCUT2D eigenvalue weighted by Crippen LogP contribution is -2.25. The predicted molar refractivity (Wildman–Crippen MR) is 83.1 cm³/mol. The summed E-state index contributed by atoms with van der Waals surface area (Å²) < 4.78 is 5.18. The Morgan fingerprint density at radius 3 is 2.81 bits per heavy atom. The lowest BCUT2D eigenvalue weighted by molar-refractivity contribution is -0.119. The van der Waals surface area contributed by atoms with Gasteiger partial charge in [0.1, 0.15) is 5.76 Å². The Kier molecular flexibility index (Phi) is 5.81. The topological polar surface area (TPSA) is 66.6 Å². The second-order valence-electron chi connectivity index (χ2n) is 4.24. The van der Waals surface area contributed by atoms with E-state index in [1.807, 2.05) is 48.5 Å². The average Bonchev–Trinajstić information content (AvgIpc) is 3.03. The zero-order valence-electron chi connectivity index (χ0n) is 11.5. The minimum absolute atomic E-state index is 0.178. The number of hydrogen-bond acceptors (Lipinski definition) is 4. The third-order valence-electron chi connectivity index (χ3n) is 2.61. The van der Waals surface area contributed by atoms with Crippen molar-refractivity contribution in [2.75, 3.05) is 11.9 Å². The highest BCUT2D eigenvalue weighted by Crippen LogP contribution is 2.03. The number of amides is 1. The quantitative estimate of drug-likeness (QED) is 0.606. The maximum absolute atomic E-state index is 11.5. The number of nitrogens with one attached hydrogen (secondary N) is 2. The van der Waals surface area contributed by atoms with Crippen LogP contribution in [0, 0.1) is 0 Å². The zero-order valence-corrected chi connectivity index (χ0v) is 11.5. The molecule has 0 unspecified atom stereocenters. The molecule has 2 aromatic rings. The highest BCUT2D eigenvalue weighted by atomic mass is 16.3. The Morgan fingerprint density at radius 1 is 1.19 bits per heavy atom. The molecule has 0 spiro atoms. The molecule has 5 heteroatoms. The van der Waals surface area contributed by atoms with E-state index in [2.05, 4.69) is 15.8 Å². The Balaban J connectivity index is 1.62. The number of hydrogen-bond donors (Lipinski definition) is 2. The molecule has 0 radical (unpaired) electrons. The number of para-hydroxylation sites is 1. The summed E-state index contributed by atoms with van der Waals surface area (Å²) >= 11 is 0. The van der Waals surface area contributed by atoms with Crippen molar-refractivity contribution < 1.29 is 9.21 Å². The van der Waals surface area contributed by atoms with Gasteiger partial charge in [0.2, 0.25) is 0 Å². The van der Waals surface area contributed by atoms with Gasteiger partial charge in [0, 0.05) is 18.3 Å². The van der Waals surface area contributed by atoms with Crippen LogP contribution in [0.4, 0.5) is 5.69 Å². The number of rotatable bonds is 7. The van der Waals surface area contributed by atoms with E-state index in [4.69, 9.17) is 4.42 Å². The van der Waals surface area contributed by atoms with Gasteiger partial charge in [-0.05, 0) is 30.3 Å². The van der Waals surface area contributed by atoms with Gasteiger partial charge in [-0.1, -0.05) is 24.3 Å². The van der Waals surface area contributed by atoms with Gasteiger partial charge in [-0.15, -0.1) is 0 Å². The molecule has 2 N–H and O–H groups in total. The number of hydrazone groups is 1. The number of furan rings is 1. The van der Waals surface area contributed by atoms with E-state index in [0.717, 1.165) is 11.4 Å². The molecule has 21 heavy (non-hydrogen) atoms. The number of allylic oxidation sites excluding steroid dienone is 2. The normalized spacial score (nSPS) is 11.0. The van der Waals surface area contributed by atoms with Gasteiger partial charge in [0.05, 0.1) is 12.8 Å². The molecule has 0 fully saturated rings. The van der Waals surface area contributed by atoms with Crippen molar-refractivity contribution >= 4 is 17.8 Å². The monoisotopic (exact) mass is 283 g/mol. The number of carbonyl (C=O) groups is 1. The molecule has 0 saturated heterocycles. The van der Waals surface area contributed by atoms with Crippen molar-refractivity contribution in [1.29, 1.82) is 0 Å². The maximum atomic E-state index is 11.5. The van der Waals surface area contributed by atoms with Crippen LogP contribution in [0.25, 0.3) is 0 Å². The van der Waals surface area contributed by atoms with Gasteiger partial charge in [-0.2, -0.15) is 5.10 Å². The largest absolute Gasteiger partial charge is 0.469 e. The van der Waals surface area contributed by atoms with E-state index in [0.29, 0.717) is 6.42 Å². The average molecular weight is 283 g/mol. The van der Waals surface area contributed by atoms with Crippen LogP contribution in [0.2, 0.25) is 0 Å². The van der Waals surface area contributed by atoms with Gasteiger partial charge >= 0.3 is 0 Å². The highest BCUT2D eigenvalue weighted by molar-refractivity contribution is 5.82. The van der Waals surface area contributed by atoms with Gasteiger partial charge < -0.3 is 9.73 Å². The number of nitrogens with zero attached hydrogens (tertiary/aromatic N) is 1. The molecule has 0 aliphatic rings. The summed E-state index contributed by atoms with van der Waals surface area (Å²) in [5, 5.41) is 6.82. The smallest absolute Gasteiger partial charge is 0.259 e. The van der Waals surface area contributed by atoms with Crippen LogP contribution in [0.15, 0.2) is 70.4 Å². The fourth-order valence-corrected chi connectivity index (χ4v) is 1.60. The Morgan fingerprint density at radius 2 is 2.05 bits per heavy atom. The summed E-state index contributed by atoms with van der Waals surface area (Å²) in [5.41, 5.74) is 3.34. The lowest BCUT2D eigenvalue weighted by Gasteiger charge is -2.03. The van der Waals surface area contributed by atoms with Crippen LogP contribution >= 0.6 is 0 Å². The maximum Gasteiger partial charge on any atom is 0.259 e. The third-order valence-corrected chi connectivity index (χ3v) is 2.61. The first-order chi connectivity index (χ1) is 10.3. The first kappa shape index (κ1) is 14.6. The predicted octanol–water partition coefficient (Wildman–Crippen LogP) is 2.59. The van der Waals surface area contributed by atoms with E-state index < -0.39 is 0 Å². The van der Waals surface area contributed by atoms with Crippen molar-refractivity contribution in [2.24, 2.45) is 5.10 Å². The van der Waals surface area contributed by atoms with Gasteiger partial charge in [-0.25, -0.2) is 5.43 Å². The number of carbonyl (C=O) groups excluding carboxylic acids is 1. The van der Waals surface area contributed by atoms with Gasteiger partial charge in [0.15, 0.2) is 0 Å². The molecule has 0 bridgehead atoms. The summed E-state index contributed by atoms with van der Waals surface area (Å²) in [4.78, 5) is 11.5. The zero-order chi connectivity index (χ0) is 14.8. The molecule has 0 aliphatic heterocycles. The van der Waals surface area contributed by atoms with Gasteiger partial charge in [-0.3, -0.25) is 4.79 Å². The fraction of sp³-hybridized carbons (Fsp3) is 0.125. The molecular formula is C16H17N3O2. The number of anilines is 1. The molecule has 108 valence electrons. The molecule has 1 aromatic carbocycles. The number of benzene rings is 1. The molecule has 0 atom stereocenters. The van der Waals surface area contributed by atoms with Gasteiger partial charge in [0.25, 0.3) is 5.91 Å². The molecule has 1 heterocycles. The van der Waals surface area contributed by atoms with Crippen LogP contribution in [0.1, 0.15) is 5.76 Å². The van der Waals surface area contributed by atoms with E-state index in [1.165, 1.54) is 6.21 Å². The summed E-state index contributed by atoms with van der Waals surface area (Å²) in [5.74, 6) is 0.685. The van der Waals surface area contributed by atoms with Crippen LogP contribution in [-0.2, 0) is 11.2 Å². The molecule has 1 aromatic heterocycles. The van der Waals surface area contributed by atoms with Crippen molar-refractivity contribution in [1.82, 2.24) is 5.43 Å². The lowest BCUT2D eigenvalue weighted by atomic mass is 10.3. The first-order valence-electron chi connectivity index (χ1n) is 6.63. The van der Waals surface area contributed by atoms with E-state index in [9.17, 15) is 4.79 Å². The van der Waals surface area contributed by atoms with Crippen LogP contribution < -0.4 is 10.7 Å². The van der Waals surface area contributed by atoms with Crippen LogP contribution in [0.5, 0.6) is 0 Å². The summed E-state index contributed by atoms with van der Waals surface area (Å²) in [7, 11) is 0.